The van der Waals surface area contributed by atoms with Gasteiger partial charge in [0.15, 0.2) is 5.78 Å². The van der Waals surface area contributed by atoms with E-state index in [-0.39, 0.29) is 17.4 Å². The molecule has 3 fully saturated rings. The highest BCUT2D eigenvalue weighted by atomic mass is 16.6. The first-order valence-corrected chi connectivity index (χ1v) is 10.2. The van der Waals surface area contributed by atoms with Crippen molar-refractivity contribution in [1.82, 2.24) is 4.90 Å². The van der Waals surface area contributed by atoms with Gasteiger partial charge in [0.2, 0.25) is 5.91 Å². The molecule has 0 aromatic heterocycles. The van der Waals surface area contributed by atoms with Gasteiger partial charge < -0.3 is 9.64 Å². The monoisotopic (exact) mass is 414 g/mol. The third-order valence-electron chi connectivity index (χ3n) is 7.61. The number of carbonyl (C=O) groups excluding carboxylic acids is 2. The molecule has 0 spiro atoms. The van der Waals surface area contributed by atoms with Gasteiger partial charge in [0.25, 0.3) is 5.69 Å². The average molecular weight is 414 g/mol. The van der Waals surface area contributed by atoms with Crippen LogP contribution in [0.25, 0.3) is 0 Å². The minimum Gasteiger partial charge on any atom is -0.378 e. The lowest BCUT2D eigenvalue weighted by Crippen LogP contribution is -2.54. The molecule has 9 heteroatoms. The molecule has 1 aromatic rings. The van der Waals surface area contributed by atoms with Crippen molar-refractivity contribution >= 4 is 28.8 Å². The Morgan fingerprint density at radius 1 is 1.17 bits per heavy atom. The predicted molar refractivity (Wildman–Crippen MR) is 110 cm³/mol. The van der Waals surface area contributed by atoms with Crippen LogP contribution >= 0.6 is 0 Å². The second-order valence-electron chi connectivity index (χ2n) is 8.97. The zero-order valence-electron chi connectivity index (χ0n) is 17.4. The third kappa shape index (κ3) is 2.61. The zero-order chi connectivity index (χ0) is 21.7. The fourth-order valence-electron chi connectivity index (χ4n) is 5.26. The number of fused-ring (bicyclic) bond motifs is 2. The highest BCUT2D eigenvalue weighted by Gasteiger charge is 2.77. The van der Waals surface area contributed by atoms with E-state index in [9.17, 15) is 19.7 Å². The Balaban J connectivity index is 1.66. The van der Waals surface area contributed by atoms with Gasteiger partial charge in [-0.15, -0.1) is 0 Å². The smallest absolute Gasteiger partial charge is 0.269 e. The topological polar surface area (TPSA) is 114 Å². The van der Waals surface area contributed by atoms with Crippen LogP contribution in [0.3, 0.4) is 0 Å². The Morgan fingerprint density at radius 3 is 2.40 bits per heavy atom. The summed E-state index contributed by atoms with van der Waals surface area (Å²) in [5.74, 6) is -0.336. The number of nitrogens with zero attached hydrogens (tertiary/aromatic N) is 3. The number of amides is 1. The Hall–Kier alpha value is -2.81. The molecule has 1 saturated heterocycles. The number of carbonyl (C=O) groups is 2. The fraction of sp³-hybridized carbons (Fsp3) is 0.571. The number of nitro groups is 1. The molecular formula is C21H26N4O5. The van der Waals surface area contributed by atoms with Crippen LogP contribution in [0, 0.1) is 26.4 Å². The third-order valence-corrected chi connectivity index (χ3v) is 7.61. The number of nitro benzene ring substituents is 1. The molecule has 9 nitrogen and oxygen atoms in total. The maximum atomic E-state index is 13.6. The molecule has 2 aliphatic carbocycles. The number of nitrogens with one attached hydrogen (secondary N) is 1. The van der Waals surface area contributed by atoms with E-state index in [1.807, 2.05) is 20.8 Å². The van der Waals surface area contributed by atoms with Gasteiger partial charge in [-0.25, -0.2) is 0 Å². The molecule has 1 aliphatic heterocycles. The van der Waals surface area contributed by atoms with Crippen molar-refractivity contribution in [3.05, 3.63) is 34.4 Å². The lowest BCUT2D eigenvalue weighted by molar-refractivity contribution is -0.384. The second-order valence-corrected chi connectivity index (χ2v) is 8.97. The second kappa shape index (κ2) is 6.87. The highest BCUT2D eigenvalue weighted by Crippen LogP contribution is 2.69. The van der Waals surface area contributed by atoms with E-state index in [2.05, 4.69) is 10.5 Å². The van der Waals surface area contributed by atoms with E-state index in [1.54, 1.807) is 17.0 Å². The van der Waals surface area contributed by atoms with E-state index >= 15 is 0 Å². The van der Waals surface area contributed by atoms with E-state index in [0.717, 1.165) is 0 Å². The molecule has 2 atom stereocenters. The lowest BCUT2D eigenvalue weighted by atomic mass is 9.64. The van der Waals surface area contributed by atoms with Gasteiger partial charge in [-0.1, -0.05) is 20.8 Å². The van der Waals surface area contributed by atoms with Crippen molar-refractivity contribution in [2.75, 3.05) is 31.7 Å². The minimum atomic E-state index is -1.12. The van der Waals surface area contributed by atoms with Crippen LogP contribution in [-0.2, 0) is 14.3 Å². The number of non-ortho nitro benzene ring substituents is 1. The van der Waals surface area contributed by atoms with Crippen molar-refractivity contribution < 1.29 is 19.2 Å². The number of hydrazone groups is 1. The van der Waals surface area contributed by atoms with Gasteiger partial charge in [0.05, 0.1) is 23.8 Å². The standard InChI is InChI=1S/C21H26N4O5/c1-19(2)20(3)8-9-21(19,18(27)24-10-12-30-13-11-24)17(26)16(20)23-22-14-4-6-15(7-5-14)25(28)29/h4-7,22H,8-13H2,1-3H3/b23-16+. The van der Waals surface area contributed by atoms with Crippen molar-refractivity contribution in [3.63, 3.8) is 0 Å². The van der Waals surface area contributed by atoms with Gasteiger partial charge in [0.1, 0.15) is 11.1 Å². The number of anilines is 1. The first-order valence-electron chi connectivity index (χ1n) is 10.2. The van der Waals surface area contributed by atoms with Gasteiger partial charge in [0, 0.05) is 30.6 Å². The summed E-state index contributed by atoms with van der Waals surface area (Å²) in [6.45, 7) is 7.94. The lowest BCUT2D eigenvalue weighted by Gasteiger charge is -2.41. The number of hydrogen-bond acceptors (Lipinski definition) is 7. The summed E-state index contributed by atoms with van der Waals surface area (Å²) in [6.07, 6.45) is 1.21. The van der Waals surface area contributed by atoms with E-state index in [4.69, 9.17) is 4.74 Å². The van der Waals surface area contributed by atoms with Crippen LogP contribution in [0.5, 0.6) is 0 Å². The average Bonchev–Trinajstić information content (AvgIpc) is 3.02. The summed E-state index contributed by atoms with van der Waals surface area (Å²) in [5, 5.41) is 15.2. The summed E-state index contributed by atoms with van der Waals surface area (Å²) in [7, 11) is 0. The summed E-state index contributed by atoms with van der Waals surface area (Å²) in [4.78, 5) is 39.3. The number of hydrogen-bond donors (Lipinski definition) is 1. The first-order chi connectivity index (χ1) is 14.1. The van der Waals surface area contributed by atoms with Gasteiger partial charge >= 0.3 is 0 Å². The minimum absolute atomic E-state index is 0.0210. The Bertz CT molecular complexity index is 935. The maximum Gasteiger partial charge on any atom is 0.269 e. The maximum absolute atomic E-state index is 13.6. The SMILES string of the molecule is CC12CCC(C(=O)N3CCOCC3)(C(=O)/C1=N\Nc1ccc([N+](=O)[O-])cc1)C2(C)C. The highest BCUT2D eigenvalue weighted by molar-refractivity contribution is 6.50. The predicted octanol–water partition coefficient (Wildman–Crippen LogP) is 2.62. The van der Waals surface area contributed by atoms with Gasteiger partial charge in [-0.05, 0) is 30.4 Å². The summed E-state index contributed by atoms with van der Waals surface area (Å²) in [5.41, 5.74) is 1.52. The van der Waals surface area contributed by atoms with Crippen LogP contribution in [0.2, 0.25) is 0 Å². The summed E-state index contributed by atoms with van der Waals surface area (Å²) in [6, 6.07) is 5.84. The molecule has 3 aliphatic rings. The number of morpholine rings is 1. The molecule has 160 valence electrons. The summed E-state index contributed by atoms with van der Waals surface area (Å²) < 4.78 is 5.37. The number of ether oxygens (including phenoxy) is 1. The molecule has 1 N–H and O–H groups in total. The van der Waals surface area contributed by atoms with Gasteiger partial charge in [-0.2, -0.15) is 5.10 Å². The Morgan fingerprint density at radius 2 is 1.80 bits per heavy atom. The Labute approximate surface area is 174 Å². The van der Waals surface area contributed by atoms with E-state index < -0.39 is 21.2 Å². The van der Waals surface area contributed by atoms with Crippen LogP contribution < -0.4 is 5.43 Å². The normalized spacial score (nSPS) is 31.2. The van der Waals surface area contributed by atoms with Gasteiger partial charge in [-0.3, -0.25) is 25.1 Å². The molecule has 0 radical (unpaired) electrons. The number of Topliss-reactive ketones (excluding diaryl/α,β-unsaturated/α-hetero) is 1. The molecule has 2 unspecified atom stereocenters. The number of ketones is 1. The quantitative estimate of drug-likeness (QED) is 0.460. The Kier molecular flexibility index (Phi) is 4.68. The van der Waals surface area contributed by atoms with Crippen LogP contribution in [-0.4, -0.2) is 53.5 Å². The van der Waals surface area contributed by atoms with E-state index in [1.165, 1.54) is 12.1 Å². The van der Waals surface area contributed by atoms with Crippen molar-refractivity contribution in [3.8, 4) is 0 Å². The molecule has 1 aromatic carbocycles. The van der Waals surface area contributed by atoms with Crippen LogP contribution in [0.15, 0.2) is 29.4 Å². The molecule has 30 heavy (non-hydrogen) atoms. The number of benzene rings is 1. The number of rotatable bonds is 4. The molecule has 1 amide bonds. The first kappa shape index (κ1) is 20.5. The van der Waals surface area contributed by atoms with Crippen LogP contribution in [0.4, 0.5) is 11.4 Å². The summed E-state index contributed by atoms with van der Waals surface area (Å²) >= 11 is 0. The largest absolute Gasteiger partial charge is 0.378 e. The molecule has 2 bridgehead atoms. The zero-order valence-corrected chi connectivity index (χ0v) is 17.4. The van der Waals surface area contributed by atoms with Crippen molar-refractivity contribution in [2.24, 2.45) is 21.3 Å². The van der Waals surface area contributed by atoms with Crippen molar-refractivity contribution in [2.45, 2.75) is 33.6 Å². The molecule has 1 heterocycles. The molecule has 2 saturated carbocycles. The van der Waals surface area contributed by atoms with Crippen LogP contribution in [0.1, 0.15) is 33.6 Å². The molecule has 4 rings (SSSR count). The fourth-order valence-corrected chi connectivity index (χ4v) is 5.26. The molecular weight excluding hydrogens is 388 g/mol. The van der Waals surface area contributed by atoms with Crippen molar-refractivity contribution in [1.29, 1.82) is 0 Å². The van der Waals surface area contributed by atoms with E-state index in [0.29, 0.717) is 50.5 Å².